The number of carbonyl (C=O) groups is 1. The molecule has 0 aliphatic heterocycles. The normalized spacial score (nSPS) is 10.5. The molecular weight excluding hydrogens is 400 g/mol. The summed E-state index contributed by atoms with van der Waals surface area (Å²) in [7, 11) is 0. The lowest BCUT2D eigenvalue weighted by molar-refractivity contribution is -0.118. The van der Waals surface area contributed by atoms with E-state index in [2.05, 4.69) is 45.3 Å². The Bertz CT molecular complexity index is 891. The first-order valence-electron chi connectivity index (χ1n) is 7.74. The van der Waals surface area contributed by atoms with Crippen LogP contribution < -0.4 is 10.1 Å². The molecule has 4 nitrogen and oxygen atoms in total. The summed E-state index contributed by atoms with van der Waals surface area (Å²) in [5.74, 6) is 0.397. The van der Waals surface area contributed by atoms with Crippen LogP contribution >= 0.6 is 27.3 Å². The number of amides is 1. The molecule has 1 aromatic heterocycles. The lowest BCUT2D eigenvalue weighted by Gasteiger charge is -2.07. The summed E-state index contributed by atoms with van der Waals surface area (Å²) in [5, 5.41) is 3.38. The van der Waals surface area contributed by atoms with Crippen LogP contribution in [0.1, 0.15) is 10.4 Å². The van der Waals surface area contributed by atoms with Gasteiger partial charge in [-0.05, 0) is 41.9 Å². The maximum atomic E-state index is 12.1. The maximum absolute atomic E-state index is 12.1. The number of ether oxygens (including phenoxy) is 1. The van der Waals surface area contributed by atoms with E-state index in [0.717, 1.165) is 20.6 Å². The fourth-order valence-electron chi connectivity index (χ4n) is 2.29. The van der Waals surface area contributed by atoms with Crippen molar-refractivity contribution in [2.75, 3.05) is 11.9 Å². The summed E-state index contributed by atoms with van der Waals surface area (Å²) < 4.78 is 6.34. The molecule has 0 fully saturated rings. The van der Waals surface area contributed by atoms with Gasteiger partial charge in [-0.25, -0.2) is 4.98 Å². The molecule has 128 valence electrons. The first-order chi connectivity index (χ1) is 12.0. The van der Waals surface area contributed by atoms with E-state index in [0.29, 0.717) is 10.9 Å². The van der Waals surface area contributed by atoms with Crippen LogP contribution in [0.3, 0.4) is 0 Å². The number of para-hydroxylation sites is 1. The van der Waals surface area contributed by atoms with Crippen molar-refractivity contribution in [2.45, 2.75) is 13.8 Å². The Morgan fingerprint density at radius 2 is 1.88 bits per heavy atom. The maximum Gasteiger partial charge on any atom is 0.264 e. The summed E-state index contributed by atoms with van der Waals surface area (Å²) in [6, 6.07) is 15.6. The summed E-state index contributed by atoms with van der Waals surface area (Å²) in [6.07, 6.45) is 0. The molecular formula is C19H17BrN2O2S. The molecule has 0 aliphatic carbocycles. The molecule has 0 unspecified atom stereocenters. The van der Waals surface area contributed by atoms with Gasteiger partial charge in [0.1, 0.15) is 5.75 Å². The Hall–Kier alpha value is -2.18. The molecule has 1 heterocycles. The van der Waals surface area contributed by atoms with Gasteiger partial charge in [-0.1, -0.05) is 42.0 Å². The van der Waals surface area contributed by atoms with E-state index >= 15 is 0 Å². The zero-order chi connectivity index (χ0) is 17.8. The number of benzene rings is 2. The first kappa shape index (κ1) is 17.6. The second kappa shape index (κ2) is 7.80. The Kier molecular flexibility index (Phi) is 5.50. The van der Waals surface area contributed by atoms with Gasteiger partial charge >= 0.3 is 0 Å². The third kappa shape index (κ3) is 4.46. The smallest absolute Gasteiger partial charge is 0.264 e. The molecule has 0 atom stereocenters. The molecule has 0 bridgehead atoms. The van der Waals surface area contributed by atoms with Crippen LogP contribution in [-0.2, 0) is 4.79 Å². The van der Waals surface area contributed by atoms with Crippen LogP contribution in [0.4, 0.5) is 5.13 Å². The molecule has 3 aromatic rings. The summed E-state index contributed by atoms with van der Waals surface area (Å²) in [6.45, 7) is 3.98. The van der Waals surface area contributed by atoms with E-state index in [9.17, 15) is 4.79 Å². The van der Waals surface area contributed by atoms with Crippen molar-refractivity contribution in [1.82, 2.24) is 4.98 Å². The number of nitrogens with zero attached hydrogens (tertiary/aromatic N) is 1. The standard InChI is InChI=1S/C19H17BrN2O2S/c1-12-7-9-14(10-8-12)18-13(2)25-19(22-18)21-17(23)11-24-16-6-4-3-5-15(16)20/h3-10H,11H2,1-2H3,(H,21,22,23). The van der Waals surface area contributed by atoms with Gasteiger partial charge in [-0.15, -0.1) is 11.3 Å². The number of halogens is 1. The fourth-order valence-corrected chi connectivity index (χ4v) is 3.54. The van der Waals surface area contributed by atoms with Gasteiger partial charge in [0.15, 0.2) is 11.7 Å². The highest BCUT2D eigenvalue weighted by atomic mass is 79.9. The number of carbonyl (C=O) groups excluding carboxylic acids is 1. The average Bonchev–Trinajstić information content (AvgIpc) is 2.95. The Balaban J connectivity index is 1.65. The van der Waals surface area contributed by atoms with Crippen LogP contribution in [-0.4, -0.2) is 17.5 Å². The number of anilines is 1. The number of aromatic nitrogens is 1. The highest BCUT2D eigenvalue weighted by Gasteiger charge is 2.13. The fraction of sp³-hybridized carbons (Fsp3) is 0.158. The predicted molar refractivity (Wildman–Crippen MR) is 105 cm³/mol. The van der Waals surface area contributed by atoms with E-state index in [1.165, 1.54) is 16.9 Å². The zero-order valence-electron chi connectivity index (χ0n) is 13.9. The van der Waals surface area contributed by atoms with Gasteiger partial charge in [-0.2, -0.15) is 0 Å². The lowest BCUT2D eigenvalue weighted by Crippen LogP contribution is -2.20. The first-order valence-corrected chi connectivity index (χ1v) is 9.35. The number of hydrogen-bond acceptors (Lipinski definition) is 4. The molecule has 1 amide bonds. The van der Waals surface area contributed by atoms with E-state index in [-0.39, 0.29) is 12.5 Å². The molecule has 6 heteroatoms. The number of nitrogens with one attached hydrogen (secondary N) is 1. The number of aryl methyl sites for hydroxylation is 2. The van der Waals surface area contributed by atoms with Crippen molar-refractivity contribution >= 4 is 38.3 Å². The minimum Gasteiger partial charge on any atom is -0.483 e. The van der Waals surface area contributed by atoms with Gasteiger partial charge in [0.2, 0.25) is 0 Å². The van der Waals surface area contributed by atoms with Crippen LogP contribution in [0, 0.1) is 13.8 Å². The zero-order valence-corrected chi connectivity index (χ0v) is 16.3. The van der Waals surface area contributed by atoms with Gasteiger partial charge in [0.05, 0.1) is 10.2 Å². The van der Waals surface area contributed by atoms with E-state index < -0.39 is 0 Å². The summed E-state index contributed by atoms with van der Waals surface area (Å²) in [5.41, 5.74) is 3.14. The number of thiazole rings is 1. The molecule has 0 aliphatic rings. The van der Waals surface area contributed by atoms with Crippen molar-refractivity contribution < 1.29 is 9.53 Å². The largest absolute Gasteiger partial charge is 0.483 e. The van der Waals surface area contributed by atoms with E-state index in [4.69, 9.17) is 4.74 Å². The summed E-state index contributed by atoms with van der Waals surface area (Å²) in [4.78, 5) is 17.7. The molecule has 3 rings (SSSR count). The van der Waals surface area contributed by atoms with Crippen molar-refractivity contribution in [3.63, 3.8) is 0 Å². The topological polar surface area (TPSA) is 51.2 Å². The quantitative estimate of drug-likeness (QED) is 0.620. The van der Waals surface area contributed by atoms with Crippen molar-refractivity contribution in [3.05, 3.63) is 63.4 Å². The second-order valence-corrected chi connectivity index (χ2v) is 7.61. The second-order valence-electron chi connectivity index (χ2n) is 5.56. The number of rotatable bonds is 5. The number of hydrogen-bond donors (Lipinski definition) is 1. The van der Waals surface area contributed by atoms with E-state index in [1.54, 1.807) is 6.07 Å². The van der Waals surface area contributed by atoms with Crippen LogP contribution in [0.2, 0.25) is 0 Å². The molecule has 2 aromatic carbocycles. The predicted octanol–water partition coefficient (Wildman–Crippen LogP) is 5.21. The third-order valence-electron chi connectivity index (χ3n) is 3.56. The van der Waals surface area contributed by atoms with Gasteiger partial charge in [0, 0.05) is 10.4 Å². The monoisotopic (exact) mass is 416 g/mol. The lowest BCUT2D eigenvalue weighted by atomic mass is 10.1. The third-order valence-corrected chi connectivity index (χ3v) is 5.10. The Morgan fingerprint density at radius 1 is 1.16 bits per heavy atom. The molecule has 25 heavy (non-hydrogen) atoms. The highest BCUT2D eigenvalue weighted by molar-refractivity contribution is 9.10. The SMILES string of the molecule is Cc1ccc(-c2nc(NC(=O)COc3ccccc3Br)sc2C)cc1. The van der Waals surface area contributed by atoms with Gasteiger partial charge < -0.3 is 4.74 Å². The molecule has 0 saturated heterocycles. The molecule has 0 spiro atoms. The molecule has 1 N–H and O–H groups in total. The Morgan fingerprint density at radius 3 is 2.60 bits per heavy atom. The minimum atomic E-state index is -0.236. The Labute approximate surface area is 159 Å². The highest BCUT2D eigenvalue weighted by Crippen LogP contribution is 2.30. The summed E-state index contributed by atoms with van der Waals surface area (Å²) >= 11 is 4.85. The van der Waals surface area contributed by atoms with Crippen LogP contribution in [0.15, 0.2) is 53.0 Å². The van der Waals surface area contributed by atoms with Crippen molar-refractivity contribution in [1.29, 1.82) is 0 Å². The molecule has 0 saturated carbocycles. The molecule has 0 radical (unpaired) electrons. The van der Waals surface area contributed by atoms with Crippen LogP contribution in [0.5, 0.6) is 5.75 Å². The van der Waals surface area contributed by atoms with Gasteiger partial charge in [-0.3, -0.25) is 10.1 Å². The average molecular weight is 417 g/mol. The van der Waals surface area contributed by atoms with Crippen molar-refractivity contribution in [3.8, 4) is 17.0 Å². The van der Waals surface area contributed by atoms with Gasteiger partial charge in [0.25, 0.3) is 5.91 Å². The van der Waals surface area contributed by atoms with Crippen molar-refractivity contribution in [2.24, 2.45) is 0 Å². The minimum absolute atomic E-state index is 0.0683. The van der Waals surface area contributed by atoms with E-state index in [1.807, 2.05) is 37.3 Å². The van der Waals surface area contributed by atoms with Crippen LogP contribution in [0.25, 0.3) is 11.3 Å².